The van der Waals surface area contributed by atoms with E-state index in [0.29, 0.717) is 0 Å². The number of carbonyl (C=O) groups is 2. The van der Waals surface area contributed by atoms with Crippen LogP contribution in [0.4, 0.5) is 0 Å². The Balaban J connectivity index is 1.42. The van der Waals surface area contributed by atoms with Crippen molar-refractivity contribution >= 4 is 22.7 Å². The first-order valence-electron chi connectivity index (χ1n) is 14.3. The van der Waals surface area contributed by atoms with E-state index in [4.69, 9.17) is 18.9 Å². The molecule has 234 valence electrons. The number of carbonyl (C=O) groups excluding carboxylic acids is 2. The van der Waals surface area contributed by atoms with Crippen LogP contribution in [0.1, 0.15) is 73.4 Å². The monoisotopic (exact) mass is 630 g/mol. The minimum Gasteiger partial charge on any atom is -0.507 e. The number of hydrogen-bond donors (Lipinski definition) is 4. The smallest absolute Gasteiger partial charge is 0.309 e. The molecule has 4 aliphatic heterocycles. The van der Waals surface area contributed by atoms with Gasteiger partial charge in [-0.25, -0.2) is 0 Å². The summed E-state index contributed by atoms with van der Waals surface area (Å²) < 4.78 is 22.1. The molecule has 6 aliphatic rings. The van der Waals surface area contributed by atoms with Crippen molar-refractivity contribution in [2.75, 3.05) is 0 Å². The van der Waals surface area contributed by atoms with Gasteiger partial charge in [0.1, 0.15) is 35.2 Å². The molecule has 4 heterocycles. The molecule has 2 saturated heterocycles. The Bertz CT molecular complexity index is 2410. The highest BCUT2D eigenvalue weighted by Gasteiger charge is 2.48. The molecular formula is C32H22O14. The lowest BCUT2D eigenvalue weighted by molar-refractivity contribution is -0.144. The number of benzene rings is 2. The van der Waals surface area contributed by atoms with E-state index >= 15 is 0 Å². The van der Waals surface area contributed by atoms with Crippen LogP contribution in [-0.2, 0) is 28.5 Å². The maximum Gasteiger partial charge on any atom is 0.309 e. The highest BCUT2D eigenvalue weighted by Crippen LogP contribution is 2.57. The summed E-state index contributed by atoms with van der Waals surface area (Å²) in [6.45, 7) is 2.99. The first kappa shape index (κ1) is 28.2. The first-order valence-corrected chi connectivity index (χ1v) is 14.3. The van der Waals surface area contributed by atoms with Gasteiger partial charge in [0, 0.05) is 27.8 Å². The molecule has 2 fully saturated rings. The van der Waals surface area contributed by atoms with Crippen LogP contribution in [0.25, 0.3) is 21.9 Å². The highest BCUT2D eigenvalue weighted by molar-refractivity contribution is 6.07. The van der Waals surface area contributed by atoms with E-state index in [1.807, 2.05) is 0 Å². The third-order valence-electron chi connectivity index (χ3n) is 9.39. The molecule has 46 heavy (non-hydrogen) atoms. The minimum absolute atomic E-state index is 0.0191. The Morgan fingerprint density at radius 3 is 1.76 bits per heavy atom. The summed E-state index contributed by atoms with van der Waals surface area (Å²) in [5.41, 5.74) is -5.72. The van der Waals surface area contributed by atoms with Crippen LogP contribution in [0.5, 0.6) is 23.0 Å². The van der Waals surface area contributed by atoms with Crippen molar-refractivity contribution in [1.29, 1.82) is 0 Å². The summed E-state index contributed by atoms with van der Waals surface area (Å²) in [5.74, 6) is -4.11. The lowest BCUT2D eigenvalue weighted by Gasteiger charge is -2.33. The summed E-state index contributed by atoms with van der Waals surface area (Å²) in [6, 6.07) is 1.59. The topological polar surface area (TPSA) is 220 Å². The second-order valence-electron chi connectivity index (χ2n) is 11.9. The van der Waals surface area contributed by atoms with Gasteiger partial charge in [-0.3, -0.25) is 28.8 Å². The standard InChI is InChI=1S/C32H22O14/c1-7-17-23(31-13(43-7)5-15(35)45-31)29(41)19-11(33)3-9(25(37)21(19)27(17)39)10-4-12(34)20-22(26(10)38)28(40)18-8(2)44-14-6-16(36)46-32(14)24(18)30(20)42/h3-4,7-8,13-14,31-33,37,39,41H,5-6H2,1-2H3. The molecule has 0 amide bonds. The summed E-state index contributed by atoms with van der Waals surface area (Å²) in [4.78, 5) is 78.8. The second kappa shape index (κ2) is 9.11. The molecule has 0 bridgehead atoms. The maximum atomic E-state index is 13.9. The fourth-order valence-electron chi connectivity index (χ4n) is 7.50. The van der Waals surface area contributed by atoms with Gasteiger partial charge in [0.25, 0.3) is 0 Å². The number of ether oxygens (including phenoxy) is 4. The molecule has 14 heteroatoms. The summed E-state index contributed by atoms with van der Waals surface area (Å²) in [5, 5.41) is 42.8. The quantitative estimate of drug-likeness (QED) is 0.172. The number of hydrogen-bond acceptors (Lipinski definition) is 14. The molecule has 2 aromatic carbocycles. The number of fused-ring (bicyclic) bond motifs is 7. The molecular weight excluding hydrogens is 608 g/mol. The number of aromatic hydroxyl groups is 4. The number of phenols is 4. The highest BCUT2D eigenvalue weighted by atomic mass is 16.6. The third kappa shape index (κ3) is 3.42. The van der Waals surface area contributed by atoms with E-state index in [0.717, 1.165) is 12.1 Å². The molecule has 4 N–H and O–H groups in total. The van der Waals surface area contributed by atoms with E-state index in [1.54, 1.807) is 0 Å². The van der Waals surface area contributed by atoms with E-state index in [-0.39, 0.29) is 35.1 Å². The van der Waals surface area contributed by atoms with Crippen LogP contribution in [0.3, 0.4) is 0 Å². The Labute approximate surface area is 254 Å². The van der Waals surface area contributed by atoms with Gasteiger partial charge in [0.2, 0.25) is 0 Å². The van der Waals surface area contributed by atoms with Crippen molar-refractivity contribution in [2.45, 2.75) is 63.3 Å². The van der Waals surface area contributed by atoms with Crippen molar-refractivity contribution in [1.82, 2.24) is 0 Å². The zero-order valence-corrected chi connectivity index (χ0v) is 23.9. The SMILES string of the molecule is CC1OC2CC(=O)OC2c2c1c(O)c1c(O)c(-c3cc(=O)c4c(=O)c5c(c(=O)c=4c3=O)C(C)OC3CC(=O)OC53)cc(O)c1c2O. The average molecular weight is 631 g/mol. The number of esters is 2. The number of phenolic OH excluding ortho intramolecular Hbond substituents is 4. The van der Waals surface area contributed by atoms with Crippen molar-refractivity contribution in [3.05, 3.63) is 85.7 Å². The summed E-state index contributed by atoms with van der Waals surface area (Å²) >= 11 is 0. The van der Waals surface area contributed by atoms with Gasteiger partial charge in [0.05, 0.1) is 51.8 Å². The summed E-state index contributed by atoms with van der Waals surface area (Å²) in [6.07, 6.45) is -6.18. The fourth-order valence-corrected chi connectivity index (χ4v) is 7.50. The molecule has 2 aliphatic carbocycles. The van der Waals surface area contributed by atoms with Crippen LogP contribution in [0.15, 0.2) is 31.3 Å². The number of rotatable bonds is 1. The molecule has 0 saturated carbocycles. The third-order valence-corrected chi connectivity index (χ3v) is 9.39. The molecule has 14 nitrogen and oxygen atoms in total. The van der Waals surface area contributed by atoms with Crippen molar-refractivity contribution in [3.8, 4) is 34.1 Å². The fraction of sp³-hybridized carbons (Fsp3) is 0.312. The molecule has 6 atom stereocenters. The van der Waals surface area contributed by atoms with Crippen LogP contribution in [0.2, 0.25) is 0 Å². The Kier molecular flexibility index (Phi) is 5.58. The average Bonchev–Trinajstić information content (AvgIpc) is 3.55. The van der Waals surface area contributed by atoms with E-state index in [2.05, 4.69) is 0 Å². The minimum atomic E-state index is -1.23. The Morgan fingerprint density at radius 1 is 0.587 bits per heavy atom. The van der Waals surface area contributed by atoms with Gasteiger partial charge in [-0.15, -0.1) is 0 Å². The van der Waals surface area contributed by atoms with Crippen LogP contribution in [0, 0.1) is 10.4 Å². The lowest BCUT2D eigenvalue weighted by Crippen LogP contribution is -2.40. The van der Waals surface area contributed by atoms with Crippen LogP contribution >= 0.6 is 0 Å². The molecule has 0 radical (unpaired) electrons. The van der Waals surface area contributed by atoms with Gasteiger partial charge in [0.15, 0.2) is 33.9 Å². The Morgan fingerprint density at radius 2 is 1.13 bits per heavy atom. The molecule has 6 unspecified atom stereocenters. The normalized spacial score (nSPS) is 26.4. The van der Waals surface area contributed by atoms with E-state index in [1.165, 1.54) is 13.8 Å². The van der Waals surface area contributed by atoms with Gasteiger partial charge >= 0.3 is 11.9 Å². The molecule has 0 aromatic heterocycles. The molecule has 2 aromatic rings. The van der Waals surface area contributed by atoms with Crippen molar-refractivity contribution < 1.29 is 49.0 Å². The maximum absolute atomic E-state index is 13.9. The van der Waals surface area contributed by atoms with Crippen LogP contribution in [-0.4, -0.2) is 44.6 Å². The van der Waals surface area contributed by atoms with Gasteiger partial charge < -0.3 is 39.4 Å². The largest absolute Gasteiger partial charge is 0.507 e. The second-order valence-corrected chi connectivity index (χ2v) is 11.9. The first-order chi connectivity index (χ1) is 21.8. The van der Waals surface area contributed by atoms with E-state index in [9.17, 15) is 49.2 Å². The summed E-state index contributed by atoms with van der Waals surface area (Å²) in [7, 11) is 0. The van der Waals surface area contributed by atoms with Crippen molar-refractivity contribution in [2.24, 2.45) is 0 Å². The zero-order chi connectivity index (χ0) is 32.7. The lowest BCUT2D eigenvalue weighted by atomic mass is 9.85. The predicted molar refractivity (Wildman–Crippen MR) is 152 cm³/mol. The zero-order valence-electron chi connectivity index (χ0n) is 23.9. The van der Waals surface area contributed by atoms with Gasteiger partial charge in [-0.1, -0.05) is 0 Å². The van der Waals surface area contributed by atoms with Gasteiger partial charge in [-0.05, 0) is 26.0 Å². The molecule has 8 rings (SSSR count). The van der Waals surface area contributed by atoms with Crippen LogP contribution < -0.4 is 21.7 Å². The van der Waals surface area contributed by atoms with E-state index < -0.39 is 126 Å². The Hall–Kier alpha value is -5.34. The van der Waals surface area contributed by atoms with Gasteiger partial charge in [-0.2, -0.15) is 0 Å². The molecule has 0 spiro atoms. The predicted octanol–water partition coefficient (Wildman–Crippen LogP) is 1.27. The van der Waals surface area contributed by atoms with Crippen molar-refractivity contribution in [3.63, 3.8) is 0 Å².